The number of benzene rings is 1. The van der Waals surface area contributed by atoms with E-state index in [2.05, 4.69) is 0 Å². The molecule has 1 unspecified atom stereocenters. The normalized spacial score (nSPS) is 13.5. The largest absolute Gasteiger partial charge is 0.479 e. The summed E-state index contributed by atoms with van der Waals surface area (Å²) in [5, 5.41) is 17.4. The van der Waals surface area contributed by atoms with Crippen LogP contribution in [0.25, 0.3) is 0 Å². The second-order valence-electron chi connectivity index (χ2n) is 3.36. The molecule has 0 aliphatic carbocycles. The van der Waals surface area contributed by atoms with Crippen LogP contribution < -0.4 is 0 Å². The minimum Gasteiger partial charge on any atom is -0.479 e. The molecule has 0 heterocycles. The number of aliphatic hydroxyl groups is 1. The zero-order valence-corrected chi connectivity index (χ0v) is 9.09. The van der Waals surface area contributed by atoms with Crippen LogP contribution in [0, 0.1) is 0 Å². The first-order chi connectivity index (χ1) is 7.71. The molecule has 0 amide bonds. The number of halogens is 4. The second-order valence-corrected chi connectivity index (χ2v) is 3.79. The third-order valence-electron chi connectivity index (χ3n) is 2.08. The van der Waals surface area contributed by atoms with E-state index in [4.69, 9.17) is 21.8 Å². The maximum absolute atomic E-state index is 12.6. The maximum atomic E-state index is 12.6. The van der Waals surface area contributed by atoms with Gasteiger partial charge >= 0.3 is 12.1 Å². The summed E-state index contributed by atoms with van der Waals surface area (Å²) in [6.45, 7) is 0. The van der Waals surface area contributed by atoms with Crippen molar-refractivity contribution in [1.29, 1.82) is 0 Å². The van der Waals surface area contributed by atoms with E-state index >= 15 is 0 Å². The van der Waals surface area contributed by atoms with E-state index in [-0.39, 0.29) is 10.6 Å². The monoisotopic (exact) mass is 268 g/mol. The van der Waals surface area contributed by atoms with Crippen LogP contribution in [0.1, 0.15) is 11.1 Å². The molecule has 0 aromatic heterocycles. The molecule has 1 aromatic carbocycles. The molecule has 0 saturated heterocycles. The number of alkyl halides is 3. The Morgan fingerprint density at radius 1 is 1.41 bits per heavy atom. The molecule has 1 aromatic rings. The fourth-order valence-corrected chi connectivity index (χ4v) is 1.46. The van der Waals surface area contributed by atoms with Gasteiger partial charge in [-0.05, 0) is 17.7 Å². The summed E-state index contributed by atoms with van der Waals surface area (Å²) < 4.78 is 37.8. The molecule has 2 N–H and O–H groups in total. The Labute approximate surface area is 99.4 Å². The van der Waals surface area contributed by atoms with Gasteiger partial charge in [-0.2, -0.15) is 13.2 Å². The average molecular weight is 269 g/mol. The van der Waals surface area contributed by atoms with Crippen molar-refractivity contribution in [1.82, 2.24) is 0 Å². The van der Waals surface area contributed by atoms with Gasteiger partial charge in [0.25, 0.3) is 0 Å². The van der Waals surface area contributed by atoms with Gasteiger partial charge in [0.2, 0.25) is 0 Å². The van der Waals surface area contributed by atoms with Crippen LogP contribution in [0.2, 0.25) is 5.02 Å². The van der Waals surface area contributed by atoms with E-state index in [0.29, 0.717) is 6.07 Å². The van der Waals surface area contributed by atoms with Gasteiger partial charge in [0, 0.05) is 11.4 Å². The summed E-state index contributed by atoms with van der Waals surface area (Å²) in [5.74, 6) is -1.58. The van der Waals surface area contributed by atoms with Crippen molar-refractivity contribution in [2.75, 3.05) is 0 Å². The fraction of sp³-hybridized carbons (Fsp3) is 0.300. The lowest BCUT2D eigenvalue weighted by atomic mass is 10.0. The fourth-order valence-electron chi connectivity index (χ4n) is 1.29. The lowest BCUT2D eigenvalue weighted by Crippen LogP contribution is -2.23. The number of aliphatic hydroxyl groups excluding tert-OH is 1. The molecule has 0 bridgehead atoms. The van der Waals surface area contributed by atoms with Crippen molar-refractivity contribution < 1.29 is 28.2 Å². The Morgan fingerprint density at radius 2 is 2.00 bits per heavy atom. The van der Waals surface area contributed by atoms with E-state index in [0.717, 1.165) is 6.07 Å². The summed E-state index contributed by atoms with van der Waals surface area (Å²) in [5.41, 5.74) is -1.35. The Hall–Kier alpha value is -1.27. The van der Waals surface area contributed by atoms with Crippen molar-refractivity contribution >= 4 is 17.6 Å². The Bertz CT molecular complexity index is 431. The van der Waals surface area contributed by atoms with E-state index in [1.165, 1.54) is 6.07 Å². The third kappa shape index (κ3) is 3.61. The molecule has 94 valence electrons. The molecule has 0 aliphatic heterocycles. The summed E-state index contributed by atoms with van der Waals surface area (Å²) in [7, 11) is 0. The molecule has 3 nitrogen and oxygen atoms in total. The highest BCUT2D eigenvalue weighted by molar-refractivity contribution is 6.30. The van der Waals surface area contributed by atoms with Crippen LogP contribution in [-0.4, -0.2) is 22.3 Å². The van der Waals surface area contributed by atoms with Gasteiger partial charge in [-0.15, -0.1) is 0 Å². The van der Waals surface area contributed by atoms with Crippen molar-refractivity contribution in [3.05, 3.63) is 34.3 Å². The van der Waals surface area contributed by atoms with Crippen LogP contribution in [0.5, 0.6) is 0 Å². The molecule has 0 spiro atoms. The smallest absolute Gasteiger partial charge is 0.416 e. The highest BCUT2D eigenvalue weighted by Crippen LogP contribution is 2.34. The zero-order chi connectivity index (χ0) is 13.2. The summed E-state index contributed by atoms with van der Waals surface area (Å²) in [6.07, 6.45) is -7.14. The number of carboxylic acid groups (broad SMARTS) is 1. The molecule has 17 heavy (non-hydrogen) atoms. The average Bonchev–Trinajstić information content (AvgIpc) is 2.18. The SMILES string of the molecule is O=C(O)C(O)Cc1ccc(Cl)cc1C(F)(F)F. The third-order valence-corrected chi connectivity index (χ3v) is 2.31. The first-order valence-corrected chi connectivity index (χ1v) is 4.86. The minimum atomic E-state index is -4.64. The predicted molar refractivity (Wildman–Crippen MR) is 53.8 cm³/mol. The van der Waals surface area contributed by atoms with E-state index < -0.39 is 30.2 Å². The number of aliphatic carboxylic acids is 1. The number of carboxylic acids is 1. The van der Waals surface area contributed by atoms with Gasteiger partial charge < -0.3 is 10.2 Å². The van der Waals surface area contributed by atoms with E-state index in [1.54, 1.807) is 0 Å². The molecule has 0 fully saturated rings. The van der Waals surface area contributed by atoms with Gasteiger partial charge in [-0.1, -0.05) is 17.7 Å². The molecule has 0 saturated carbocycles. The quantitative estimate of drug-likeness (QED) is 0.885. The lowest BCUT2D eigenvalue weighted by molar-refractivity contribution is -0.147. The predicted octanol–water partition coefficient (Wildman–Crippen LogP) is 2.35. The Kier molecular flexibility index (Phi) is 4.00. The molecule has 0 radical (unpaired) electrons. The first kappa shape index (κ1) is 13.8. The molecule has 1 atom stereocenters. The first-order valence-electron chi connectivity index (χ1n) is 4.48. The molecular weight excluding hydrogens is 261 g/mol. The topological polar surface area (TPSA) is 57.5 Å². The van der Waals surface area contributed by atoms with Crippen molar-refractivity contribution in [3.63, 3.8) is 0 Å². The van der Waals surface area contributed by atoms with Gasteiger partial charge in [0.15, 0.2) is 6.10 Å². The van der Waals surface area contributed by atoms with Crippen LogP contribution in [0.4, 0.5) is 13.2 Å². The molecular formula is C10H8ClF3O3. The van der Waals surface area contributed by atoms with Crippen LogP contribution in [0.3, 0.4) is 0 Å². The van der Waals surface area contributed by atoms with E-state index in [9.17, 15) is 18.0 Å². The highest BCUT2D eigenvalue weighted by atomic mass is 35.5. The van der Waals surface area contributed by atoms with Gasteiger partial charge in [0.05, 0.1) is 5.56 Å². The van der Waals surface area contributed by atoms with Crippen molar-refractivity contribution in [2.45, 2.75) is 18.7 Å². The standard InChI is InChI=1S/C10H8ClF3O3/c11-6-2-1-5(3-8(15)9(16)17)7(4-6)10(12,13)14/h1-2,4,8,15H,3H2,(H,16,17). The Morgan fingerprint density at radius 3 is 2.47 bits per heavy atom. The number of hydrogen-bond donors (Lipinski definition) is 2. The summed E-state index contributed by atoms with van der Waals surface area (Å²) in [6, 6.07) is 2.96. The highest BCUT2D eigenvalue weighted by Gasteiger charge is 2.34. The van der Waals surface area contributed by atoms with E-state index in [1.807, 2.05) is 0 Å². The Balaban J connectivity index is 3.11. The van der Waals surface area contributed by atoms with Crippen LogP contribution in [0.15, 0.2) is 18.2 Å². The minimum absolute atomic E-state index is 0.106. The van der Waals surface area contributed by atoms with Gasteiger partial charge in [0.1, 0.15) is 0 Å². The van der Waals surface area contributed by atoms with Crippen LogP contribution >= 0.6 is 11.6 Å². The zero-order valence-electron chi connectivity index (χ0n) is 8.33. The van der Waals surface area contributed by atoms with Gasteiger partial charge in [-0.25, -0.2) is 4.79 Å². The van der Waals surface area contributed by atoms with Crippen molar-refractivity contribution in [3.8, 4) is 0 Å². The second kappa shape index (κ2) is 4.93. The number of hydrogen-bond acceptors (Lipinski definition) is 2. The molecule has 1 rings (SSSR count). The summed E-state index contributed by atoms with van der Waals surface area (Å²) >= 11 is 5.44. The van der Waals surface area contributed by atoms with Crippen LogP contribution in [-0.2, 0) is 17.4 Å². The maximum Gasteiger partial charge on any atom is 0.416 e. The molecule has 7 heteroatoms. The lowest BCUT2D eigenvalue weighted by Gasteiger charge is -2.14. The number of rotatable bonds is 3. The molecule has 0 aliphatic rings. The summed E-state index contributed by atoms with van der Waals surface area (Å²) in [4.78, 5) is 10.4. The van der Waals surface area contributed by atoms with Gasteiger partial charge in [-0.3, -0.25) is 0 Å². The number of carbonyl (C=O) groups is 1. The van der Waals surface area contributed by atoms with Crippen molar-refractivity contribution in [2.24, 2.45) is 0 Å².